The second-order valence-corrected chi connectivity index (χ2v) is 5.32. The lowest BCUT2D eigenvalue weighted by Gasteiger charge is -2.24. The molecule has 0 unspecified atom stereocenters. The number of furan rings is 1. The highest BCUT2D eigenvalue weighted by molar-refractivity contribution is 6.33. The van der Waals surface area contributed by atoms with Crippen LogP contribution in [0.1, 0.15) is 29.0 Å². The third-order valence-corrected chi connectivity index (χ3v) is 3.70. The lowest BCUT2D eigenvalue weighted by atomic mass is 10.2. The number of carboxylic acid groups (broad SMARTS) is 1. The van der Waals surface area contributed by atoms with E-state index in [-0.39, 0.29) is 5.56 Å². The van der Waals surface area contributed by atoms with E-state index < -0.39 is 5.97 Å². The first-order valence-electron chi connectivity index (χ1n) is 6.47. The second-order valence-electron chi connectivity index (χ2n) is 4.91. The zero-order chi connectivity index (χ0) is 14.1. The SMILES string of the molecule is O=C(O)c1ccc(N(Cc2ccco2)C2CC2)c(Cl)c1. The van der Waals surface area contributed by atoms with Gasteiger partial charge in [-0.2, -0.15) is 0 Å². The molecule has 1 fully saturated rings. The summed E-state index contributed by atoms with van der Waals surface area (Å²) in [5.74, 6) is -0.0993. The first-order valence-corrected chi connectivity index (χ1v) is 6.85. The number of aromatic carboxylic acids is 1. The third kappa shape index (κ3) is 2.65. The van der Waals surface area contributed by atoms with Crippen LogP contribution in [0.3, 0.4) is 0 Å². The van der Waals surface area contributed by atoms with Gasteiger partial charge in [-0.3, -0.25) is 0 Å². The summed E-state index contributed by atoms with van der Waals surface area (Å²) in [6.45, 7) is 0.643. The fraction of sp³-hybridized carbons (Fsp3) is 0.267. The van der Waals surface area contributed by atoms with Crippen LogP contribution >= 0.6 is 11.6 Å². The van der Waals surface area contributed by atoms with Gasteiger partial charge in [-0.05, 0) is 43.2 Å². The summed E-state index contributed by atoms with van der Waals surface area (Å²) < 4.78 is 5.39. The Kier molecular flexibility index (Phi) is 3.40. The van der Waals surface area contributed by atoms with Gasteiger partial charge in [-0.1, -0.05) is 11.6 Å². The van der Waals surface area contributed by atoms with Crippen LogP contribution < -0.4 is 4.90 Å². The van der Waals surface area contributed by atoms with Gasteiger partial charge in [-0.25, -0.2) is 4.79 Å². The van der Waals surface area contributed by atoms with Crippen molar-refractivity contribution in [3.63, 3.8) is 0 Å². The smallest absolute Gasteiger partial charge is 0.335 e. The molecule has 1 heterocycles. The molecule has 1 aromatic carbocycles. The van der Waals surface area contributed by atoms with Crippen LogP contribution in [0, 0.1) is 0 Å². The predicted molar refractivity (Wildman–Crippen MR) is 76.3 cm³/mol. The van der Waals surface area contributed by atoms with E-state index in [0.717, 1.165) is 24.3 Å². The maximum absolute atomic E-state index is 10.9. The van der Waals surface area contributed by atoms with Crippen molar-refractivity contribution in [2.45, 2.75) is 25.4 Å². The molecule has 5 heteroatoms. The lowest BCUT2D eigenvalue weighted by molar-refractivity contribution is 0.0697. The number of rotatable bonds is 5. The van der Waals surface area contributed by atoms with Crippen LogP contribution in [0.15, 0.2) is 41.0 Å². The third-order valence-electron chi connectivity index (χ3n) is 3.40. The quantitative estimate of drug-likeness (QED) is 0.910. The first kappa shape index (κ1) is 13.1. The van der Waals surface area contributed by atoms with E-state index in [1.54, 1.807) is 18.4 Å². The van der Waals surface area contributed by atoms with Crippen LogP contribution in [0.5, 0.6) is 0 Å². The summed E-state index contributed by atoms with van der Waals surface area (Å²) in [6, 6.07) is 9.09. The Morgan fingerprint density at radius 2 is 2.20 bits per heavy atom. The number of benzene rings is 1. The van der Waals surface area contributed by atoms with Crippen LogP contribution in [0.2, 0.25) is 5.02 Å². The molecule has 0 radical (unpaired) electrons. The highest BCUT2D eigenvalue weighted by atomic mass is 35.5. The molecular formula is C15H14ClNO3. The highest BCUT2D eigenvalue weighted by Crippen LogP contribution is 2.37. The van der Waals surface area contributed by atoms with Crippen molar-refractivity contribution < 1.29 is 14.3 Å². The molecule has 0 saturated heterocycles. The molecule has 1 N–H and O–H groups in total. The molecule has 104 valence electrons. The fourth-order valence-electron chi connectivity index (χ4n) is 2.24. The van der Waals surface area contributed by atoms with Crippen molar-refractivity contribution in [3.8, 4) is 0 Å². The maximum Gasteiger partial charge on any atom is 0.335 e. The summed E-state index contributed by atoms with van der Waals surface area (Å²) in [5.41, 5.74) is 1.06. The molecule has 20 heavy (non-hydrogen) atoms. The van der Waals surface area contributed by atoms with E-state index in [9.17, 15) is 4.79 Å². The highest BCUT2D eigenvalue weighted by Gasteiger charge is 2.31. The van der Waals surface area contributed by atoms with Gasteiger partial charge >= 0.3 is 5.97 Å². The number of hydrogen-bond donors (Lipinski definition) is 1. The number of nitrogens with zero attached hydrogens (tertiary/aromatic N) is 1. The Hall–Kier alpha value is -1.94. The van der Waals surface area contributed by atoms with Crippen molar-refractivity contribution in [1.82, 2.24) is 0 Å². The Morgan fingerprint density at radius 1 is 1.40 bits per heavy atom. The van der Waals surface area contributed by atoms with Crippen molar-refractivity contribution >= 4 is 23.3 Å². The summed E-state index contributed by atoms with van der Waals surface area (Å²) >= 11 is 6.24. The minimum Gasteiger partial charge on any atom is -0.478 e. The molecule has 0 bridgehead atoms. The molecule has 1 aliphatic rings. The van der Waals surface area contributed by atoms with E-state index in [4.69, 9.17) is 21.1 Å². The monoisotopic (exact) mass is 291 g/mol. The van der Waals surface area contributed by atoms with Gasteiger partial charge in [0.25, 0.3) is 0 Å². The zero-order valence-electron chi connectivity index (χ0n) is 10.8. The van der Waals surface area contributed by atoms with Gasteiger partial charge in [0, 0.05) is 6.04 Å². The fourth-order valence-corrected chi connectivity index (χ4v) is 2.53. The molecular weight excluding hydrogens is 278 g/mol. The first-order chi connectivity index (χ1) is 9.65. The molecule has 1 aliphatic carbocycles. The number of carboxylic acids is 1. The number of halogens is 1. The Labute approximate surface area is 121 Å². The predicted octanol–water partition coefficient (Wildman–Crippen LogP) is 3.80. The van der Waals surface area contributed by atoms with Gasteiger partial charge in [0.2, 0.25) is 0 Å². The van der Waals surface area contributed by atoms with Crippen molar-refractivity contribution in [3.05, 3.63) is 52.9 Å². The standard InChI is InChI=1S/C15H14ClNO3/c16-13-8-10(15(18)19)3-6-14(13)17(11-4-5-11)9-12-2-1-7-20-12/h1-3,6-8,11H,4-5,9H2,(H,18,19). The minimum absolute atomic E-state index is 0.201. The summed E-state index contributed by atoms with van der Waals surface area (Å²) in [5, 5.41) is 9.44. The Morgan fingerprint density at radius 3 is 2.75 bits per heavy atom. The van der Waals surface area contributed by atoms with Crippen LogP contribution in [0.25, 0.3) is 0 Å². The summed E-state index contributed by atoms with van der Waals surface area (Å²) in [6.07, 6.45) is 3.89. The van der Waals surface area contributed by atoms with Crippen molar-refractivity contribution in [2.24, 2.45) is 0 Å². The normalized spacial score (nSPS) is 14.2. The topological polar surface area (TPSA) is 53.7 Å². The van der Waals surface area contributed by atoms with Gasteiger partial charge in [0.15, 0.2) is 0 Å². The Bertz CT molecular complexity index is 620. The number of carbonyl (C=O) groups is 1. The van der Waals surface area contributed by atoms with E-state index in [1.807, 2.05) is 12.1 Å². The van der Waals surface area contributed by atoms with Gasteiger partial charge in [0.05, 0.1) is 29.1 Å². The van der Waals surface area contributed by atoms with E-state index in [0.29, 0.717) is 17.6 Å². The molecule has 4 nitrogen and oxygen atoms in total. The van der Waals surface area contributed by atoms with E-state index in [1.165, 1.54) is 6.07 Å². The van der Waals surface area contributed by atoms with E-state index in [2.05, 4.69) is 4.90 Å². The molecule has 2 aromatic rings. The average Bonchev–Trinajstić information content (AvgIpc) is 3.14. The van der Waals surface area contributed by atoms with Gasteiger partial charge in [0.1, 0.15) is 5.76 Å². The molecule has 1 aromatic heterocycles. The second kappa shape index (κ2) is 5.21. The van der Waals surface area contributed by atoms with E-state index >= 15 is 0 Å². The largest absolute Gasteiger partial charge is 0.478 e. The lowest BCUT2D eigenvalue weighted by Crippen LogP contribution is -2.25. The molecule has 0 amide bonds. The minimum atomic E-state index is -0.970. The molecule has 0 spiro atoms. The Balaban J connectivity index is 1.89. The van der Waals surface area contributed by atoms with Crippen LogP contribution in [0.4, 0.5) is 5.69 Å². The maximum atomic E-state index is 10.9. The number of anilines is 1. The summed E-state index contributed by atoms with van der Waals surface area (Å²) in [4.78, 5) is 13.1. The molecule has 0 aliphatic heterocycles. The molecule has 3 rings (SSSR count). The molecule has 0 atom stereocenters. The molecule has 1 saturated carbocycles. The van der Waals surface area contributed by atoms with Gasteiger partial charge < -0.3 is 14.4 Å². The van der Waals surface area contributed by atoms with Crippen LogP contribution in [-0.2, 0) is 6.54 Å². The van der Waals surface area contributed by atoms with Crippen LogP contribution in [-0.4, -0.2) is 17.1 Å². The van der Waals surface area contributed by atoms with Crippen molar-refractivity contribution in [1.29, 1.82) is 0 Å². The number of hydrogen-bond acceptors (Lipinski definition) is 3. The zero-order valence-corrected chi connectivity index (χ0v) is 11.5. The summed E-state index contributed by atoms with van der Waals surface area (Å²) in [7, 11) is 0. The van der Waals surface area contributed by atoms with Gasteiger partial charge in [-0.15, -0.1) is 0 Å². The van der Waals surface area contributed by atoms with Crippen molar-refractivity contribution in [2.75, 3.05) is 4.90 Å². The average molecular weight is 292 g/mol.